The fourth-order valence-corrected chi connectivity index (χ4v) is 7.56. The predicted molar refractivity (Wildman–Crippen MR) is 153 cm³/mol. The number of phenolic OH excluding ortho intramolecular Hbond substituents is 1. The number of aliphatic hydroxyl groups excluding tert-OH is 2. The van der Waals surface area contributed by atoms with E-state index in [-0.39, 0.29) is 34.0 Å². The van der Waals surface area contributed by atoms with E-state index in [1.54, 1.807) is 19.0 Å². The first-order valence-corrected chi connectivity index (χ1v) is 14.2. The van der Waals surface area contributed by atoms with Gasteiger partial charge in [-0.1, -0.05) is 24.3 Å². The average Bonchev–Trinajstić information content (AvgIpc) is 3.71. The van der Waals surface area contributed by atoms with Crippen LogP contribution in [-0.4, -0.2) is 68.8 Å². The summed E-state index contributed by atoms with van der Waals surface area (Å²) in [6.45, 7) is 2.09. The fraction of sp³-hybridized carbons (Fsp3) is 0.438. The number of benzene rings is 2. The van der Waals surface area contributed by atoms with E-state index in [1.807, 2.05) is 18.2 Å². The number of carbonyl (C=O) groups is 2. The quantitative estimate of drug-likeness (QED) is 0.315. The molecule has 0 spiro atoms. The molecule has 6 rings (SSSR count). The van der Waals surface area contributed by atoms with Crippen LogP contribution in [0.5, 0.6) is 5.75 Å². The first kappa shape index (κ1) is 27.5. The first-order valence-electron chi connectivity index (χ1n) is 14.2. The lowest BCUT2D eigenvalue weighted by molar-refractivity contribution is -0.120. The van der Waals surface area contributed by atoms with Crippen LogP contribution in [0.25, 0.3) is 11.1 Å². The number of nitrogens with one attached hydrogen (secondary N) is 1. The van der Waals surface area contributed by atoms with Crippen LogP contribution in [0, 0.1) is 17.8 Å². The Balaban J connectivity index is 1.46. The van der Waals surface area contributed by atoms with E-state index in [2.05, 4.69) is 17.4 Å². The van der Waals surface area contributed by atoms with Gasteiger partial charge in [0.1, 0.15) is 22.9 Å². The third-order valence-electron chi connectivity index (χ3n) is 9.44. The number of rotatable bonds is 6. The van der Waals surface area contributed by atoms with Crippen molar-refractivity contribution in [1.29, 1.82) is 0 Å². The number of aromatic hydroxyl groups is 1. The minimum Gasteiger partial charge on any atom is -0.511 e. The summed E-state index contributed by atoms with van der Waals surface area (Å²) in [5.74, 6) is -4.26. The summed E-state index contributed by atoms with van der Waals surface area (Å²) in [7, 11) is 3.49. The third kappa shape index (κ3) is 4.34. The van der Waals surface area contributed by atoms with E-state index >= 15 is 0 Å². The summed E-state index contributed by atoms with van der Waals surface area (Å²) in [5, 5.41) is 48.8. The molecule has 0 saturated heterocycles. The zero-order valence-corrected chi connectivity index (χ0v) is 23.5. The third-order valence-corrected chi connectivity index (χ3v) is 9.44. The van der Waals surface area contributed by atoms with Crippen LogP contribution in [0.15, 0.2) is 59.1 Å². The van der Waals surface area contributed by atoms with Crippen molar-refractivity contribution in [3.8, 4) is 16.9 Å². The maximum absolute atomic E-state index is 14.1. The number of nitrogens with two attached hydrogens (primary N) is 1. The molecule has 2 aromatic carbocycles. The minimum absolute atomic E-state index is 0.136. The largest absolute Gasteiger partial charge is 0.511 e. The molecule has 5 atom stereocenters. The number of allylic oxidation sites excluding steroid dienone is 1. The number of aliphatic hydroxyl groups is 3. The van der Waals surface area contributed by atoms with E-state index < -0.39 is 41.1 Å². The molecule has 0 heterocycles. The maximum Gasteiger partial charge on any atom is 0.251 e. The van der Waals surface area contributed by atoms with Gasteiger partial charge in [0.15, 0.2) is 5.78 Å². The van der Waals surface area contributed by atoms with Crippen molar-refractivity contribution in [2.24, 2.45) is 23.5 Å². The van der Waals surface area contributed by atoms with Gasteiger partial charge in [0, 0.05) is 18.2 Å². The van der Waals surface area contributed by atoms with Gasteiger partial charge in [-0.2, -0.15) is 0 Å². The molecule has 9 nitrogen and oxygen atoms in total. The van der Waals surface area contributed by atoms with Crippen LogP contribution in [0.1, 0.15) is 47.7 Å². The number of nitrogens with zero attached hydrogens (tertiary/aromatic N) is 1. The number of phenols is 1. The van der Waals surface area contributed by atoms with Gasteiger partial charge in [0.25, 0.3) is 5.91 Å². The van der Waals surface area contributed by atoms with Gasteiger partial charge in [0.05, 0.1) is 23.1 Å². The number of Topliss-reactive ketones (excluding diaryl/α,β-unsaturated/α-hetero) is 1. The molecular weight excluding hydrogens is 522 g/mol. The Morgan fingerprint density at radius 3 is 2.51 bits per heavy atom. The molecule has 9 heteroatoms. The van der Waals surface area contributed by atoms with Crippen LogP contribution in [-0.2, 0) is 17.8 Å². The van der Waals surface area contributed by atoms with Crippen molar-refractivity contribution >= 4 is 11.7 Å². The molecule has 0 bridgehead atoms. The summed E-state index contributed by atoms with van der Waals surface area (Å²) in [5.41, 5.74) is 7.12. The van der Waals surface area contributed by atoms with Crippen molar-refractivity contribution in [3.05, 3.63) is 75.8 Å². The predicted octanol–water partition coefficient (Wildman–Crippen LogP) is 3.11. The number of primary amides is 1. The Morgan fingerprint density at radius 2 is 1.85 bits per heavy atom. The van der Waals surface area contributed by atoms with E-state index in [0.717, 1.165) is 23.2 Å². The van der Waals surface area contributed by atoms with Crippen molar-refractivity contribution in [3.63, 3.8) is 0 Å². The van der Waals surface area contributed by atoms with E-state index in [4.69, 9.17) is 5.73 Å². The second-order valence-corrected chi connectivity index (χ2v) is 12.4. The zero-order valence-electron chi connectivity index (χ0n) is 23.5. The molecule has 2 aromatic rings. The summed E-state index contributed by atoms with van der Waals surface area (Å²) >= 11 is 0. The van der Waals surface area contributed by atoms with E-state index in [1.165, 1.54) is 25.8 Å². The highest BCUT2D eigenvalue weighted by Crippen LogP contribution is 2.55. The fourth-order valence-electron chi connectivity index (χ4n) is 7.56. The molecule has 0 aliphatic heterocycles. The molecule has 41 heavy (non-hydrogen) atoms. The van der Waals surface area contributed by atoms with Gasteiger partial charge < -0.3 is 31.5 Å². The minimum atomic E-state index is -2.01. The number of likely N-dealkylation sites (N-methyl/N-ethyl adjacent to an activating group) is 1. The summed E-state index contributed by atoms with van der Waals surface area (Å²) in [6.07, 6.45) is 3.14. The molecule has 1 fully saturated rings. The Labute approximate surface area is 239 Å². The van der Waals surface area contributed by atoms with Crippen LogP contribution in [0.2, 0.25) is 0 Å². The van der Waals surface area contributed by atoms with Gasteiger partial charge in [0.2, 0.25) is 0 Å². The lowest BCUT2D eigenvalue weighted by atomic mass is 9.56. The lowest BCUT2D eigenvalue weighted by Crippen LogP contribution is -2.59. The van der Waals surface area contributed by atoms with Crippen LogP contribution >= 0.6 is 0 Å². The zero-order chi connectivity index (χ0) is 29.4. The SMILES string of the molecule is CN(C)[C@@H]1C(O)=C(C(N)=O)C(C)(O)C2C(O)=C3C(=O)c4c(O)ccc(-c5cccc(CNC6CC6)c5)c4CC3CC21. The maximum atomic E-state index is 14.1. The Bertz CT molecular complexity index is 1520. The summed E-state index contributed by atoms with van der Waals surface area (Å²) < 4.78 is 0. The molecule has 4 unspecified atom stereocenters. The Kier molecular flexibility index (Phi) is 6.52. The topological polar surface area (TPSA) is 156 Å². The highest BCUT2D eigenvalue weighted by Gasteiger charge is 2.59. The number of carbonyl (C=O) groups excluding carboxylic acids is 2. The molecular formula is C32H37N3O6. The van der Waals surface area contributed by atoms with Crippen molar-refractivity contribution < 1.29 is 30.0 Å². The van der Waals surface area contributed by atoms with Crippen molar-refractivity contribution in [2.45, 2.75) is 56.8 Å². The highest BCUT2D eigenvalue weighted by atomic mass is 16.3. The van der Waals surface area contributed by atoms with Gasteiger partial charge in [-0.25, -0.2) is 0 Å². The number of hydrogen-bond acceptors (Lipinski definition) is 8. The molecule has 4 aliphatic carbocycles. The molecule has 0 aromatic heterocycles. The van der Waals surface area contributed by atoms with Crippen LogP contribution in [0.3, 0.4) is 0 Å². The monoisotopic (exact) mass is 559 g/mol. The molecule has 1 amide bonds. The number of fused-ring (bicyclic) bond motifs is 3. The highest BCUT2D eigenvalue weighted by molar-refractivity contribution is 6.14. The number of hydrogen-bond donors (Lipinski definition) is 6. The standard InChI is InChI=1S/C32H37N3O6/c1-32(41)25-21(27(35(2)3)30(39)26(32)31(33)40)13-17-12-20-19(9-10-22(36)24(20)28(37)23(17)29(25)38)16-6-4-5-15(11-16)14-34-18-7-8-18/h4-6,9-11,17-18,21,25,27,34,36,38-39,41H,7-8,12-14H2,1-3H3,(H2,33,40)/t17?,21?,25?,27-,32?/m0/s1. The molecule has 0 radical (unpaired) electrons. The Hall–Kier alpha value is -3.66. The Morgan fingerprint density at radius 1 is 1.12 bits per heavy atom. The lowest BCUT2D eigenvalue weighted by Gasteiger charge is -2.52. The van der Waals surface area contributed by atoms with Gasteiger partial charge in [-0.3, -0.25) is 14.5 Å². The van der Waals surface area contributed by atoms with E-state index in [9.17, 15) is 30.0 Å². The average molecular weight is 560 g/mol. The van der Waals surface area contributed by atoms with E-state index in [0.29, 0.717) is 24.4 Å². The van der Waals surface area contributed by atoms with Gasteiger partial charge >= 0.3 is 0 Å². The summed E-state index contributed by atoms with van der Waals surface area (Å²) in [6, 6.07) is 11.4. The normalized spacial score (nSPS) is 29.3. The number of amides is 1. The van der Waals surface area contributed by atoms with Gasteiger partial charge in [-0.15, -0.1) is 0 Å². The van der Waals surface area contributed by atoms with Crippen molar-refractivity contribution in [2.75, 3.05) is 14.1 Å². The molecule has 4 aliphatic rings. The van der Waals surface area contributed by atoms with Crippen LogP contribution in [0.4, 0.5) is 0 Å². The second-order valence-electron chi connectivity index (χ2n) is 12.4. The molecule has 216 valence electrons. The van der Waals surface area contributed by atoms with Crippen LogP contribution < -0.4 is 11.1 Å². The van der Waals surface area contributed by atoms with Gasteiger partial charge in [-0.05, 0) is 92.9 Å². The second kappa shape index (κ2) is 9.72. The number of ketones is 1. The smallest absolute Gasteiger partial charge is 0.251 e. The summed E-state index contributed by atoms with van der Waals surface area (Å²) in [4.78, 5) is 28.2. The molecule has 1 saturated carbocycles. The molecule has 7 N–H and O–H groups in total. The van der Waals surface area contributed by atoms with Crippen molar-refractivity contribution in [1.82, 2.24) is 10.2 Å². The first-order chi connectivity index (χ1) is 19.4.